The van der Waals surface area contributed by atoms with Crippen LogP contribution in [0, 0.1) is 0 Å². The van der Waals surface area contributed by atoms with Gasteiger partial charge in [-0.05, 0) is 6.07 Å². The van der Waals surface area contributed by atoms with Gasteiger partial charge < -0.3 is 10.6 Å². The Balaban J connectivity index is 2.52. The fourth-order valence-corrected chi connectivity index (χ4v) is 1.16. The summed E-state index contributed by atoms with van der Waals surface area (Å²) in [5.41, 5.74) is 5.73. The predicted molar refractivity (Wildman–Crippen MR) is 56.9 cm³/mol. The first kappa shape index (κ1) is 10.7. The number of amides is 1. The minimum atomic E-state index is -0.547. The van der Waals surface area contributed by atoms with Crippen LogP contribution in [-0.4, -0.2) is 18.7 Å². The highest BCUT2D eigenvalue weighted by Gasteiger charge is 1.94. The third-order valence-corrected chi connectivity index (χ3v) is 2.10. The van der Waals surface area contributed by atoms with Crippen molar-refractivity contribution in [3.63, 3.8) is 0 Å². The van der Waals surface area contributed by atoms with Gasteiger partial charge in [0.1, 0.15) is 0 Å². The Labute approximate surface area is 89.9 Å². The van der Waals surface area contributed by atoms with Crippen LogP contribution in [0.5, 0.6) is 0 Å². The van der Waals surface area contributed by atoms with E-state index < -0.39 is 5.91 Å². The van der Waals surface area contributed by atoms with E-state index in [1.807, 2.05) is 24.3 Å². The average molecular weight is 257 g/mol. The van der Waals surface area contributed by atoms with E-state index in [9.17, 15) is 4.79 Å². The molecule has 5 heteroatoms. The second kappa shape index (κ2) is 5.39. The zero-order chi connectivity index (χ0) is 10.4. The van der Waals surface area contributed by atoms with Crippen LogP contribution in [0.3, 0.4) is 0 Å². The lowest BCUT2D eigenvalue weighted by atomic mass is 10.2. The van der Waals surface area contributed by atoms with Crippen molar-refractivity contribution in [3.05, 3.63) is 34.3 Å². The molecule has 14 heavy (non-hydrogen) atoms. The van der Waals surface area contributed by atoms with E-state index in [1.165, 1.54) is 6.21 Å². The van der Waals surface area contributed by atoms with Crippen LogP contribution in [0.2, 0.25) is 0 Å². The first-order valence-electron chi connectivity index (χ1n) is 3.88. The van der Waals surface area contributed by atoms with E-state index in [4.69, 9.17) is 5.73 Å². The number of halogens is 1. The Morgan fingerprint density at radius 1 is 1.57 bits per heavy atom. The maximum atomic E-state index is 10.3. The molecule has 0 aliphatic carbocycles. The molecule has 1 amide bonds. The van der Waals surface area contributed by atoms with Gasteiger partial charge in [-0.15, -0.1) is 0 Å². The second-order valence-corrected chi connectivity index (χ2v) is 3.35. The minimum absolute atomic E-state index is 0.207. The smallest absolute Gasteiger partial charge is 0.258 e. The van der Waals surface area contributed by atoms with E-state index in [0.29, 0.717) is 0 Å². The van der Waals surface area contributed by atoms with Gasteiger partial charge in [0.05, 0.1) is 6.21 Å². The molecule has 0 radical (unpaired) electrons. The maximum absolute atomic E-state index is 10.3. The van der Waals surface area contributed by atoms with Crippen LogP contribution in [0.25, 0.3) is 0 Å². The molecule has 0 atom stereocenters. The molecule has 0 aliphatic rings. The molecule has 0 aromatic heterocycles. The molecule has 0 bridgehead atoms. The zero-order valence-corrected chi connectivity index (χ0v) is 8.90. The summed E-state index contributed by atoms with van der Waals surface area (Å²) in [6, 6.07) is 7.52. The van der Waals surface area contributed by atoms with Gasteiger partial charge in [-0.3, -0.25) is 4.79 Å². The number of nitrogens with two attached hydrogens (primary N) is 1. The van der Waals surface area contributed by atoms with Crippen molar-refractivity contribution in [1.82, 2.24) is 0 Å². The molecule has 74 valence electrons. The normalized spacial score (nSPS) is 10.4. The lowest BCUT2D eigenvalue weighted by Crippen LogP contribution is -2.16. The first-order valence-corrected chi connectivity index (χ1v) is 4.67. The molecule has 2 N–H and O–H groups in total. The third-order valence-electron chi connectivity index (χ3n) is 1.38. The van der Waals surface area contributed by atoms with Crippen molar-refractivity contribution >= 4 is 28.1 Å². The summed E-state index contributed by atoms with van der Waals surface area (Å²) in [6.45, 7) is -0.207. The van der Waals surface area contributed by atoms with Gasteiger partial charge in [-0.1, -0.05) is 39.3 Å². The summed E-state index contributed by atoms with van der Waals surface area (Å²) in [7, 11) is 0. The summed E-state index contributed by atoms with van der Waals surface area (Å²) in [5, 5.41) is 3.59. The van der Waals surface area contributed by atoms with Crippen LogP contribution >= 0.6 is 15.9 Å². The fourth-order valence-electron chi connectivity index (χ4n) is 0.775. The van der Waals surface area contributed by atoms with Gasteiger partial charge in [0.25, 0.3) is 5.91 Å². The maximum Gasteiger partial charge on any atom is 0.258 e. The molecule has 0 aliphatic heterocycles. The van der Waals surface area contributed by atoms with Crippen molar-refractivity contribution < 1.29 is 9.63 Å². The van der Waals surface area contributed by atoms with Crippen molar-refractivity contribution in [2.45, 2.75) is 0 Å². The number of rotatable bonds is 4. The van der Waals surface area contributed by atoms with Gasteiger partial charge in [0, 0.05) is 10.0 Å². The molecule has 0 saturated heterocycles. The summed E-state index contributed by atoms with van der Waals surface area (Å²) < 4.78 is 0.909. The lowest BCUT2D eigenvalue weighted by molar-refractivity contribution is -0.122. The fraction of sp³-hybridized carbons (Fsp3) is 0.111. The summed E-state index contributed by atoms with van der Waals surface area (Å²) >= 11 is 3.34. The Morgan fingerprint density at radius 3 is 2.93 bits per heavy atom. The van der Waals surface area contributed by atoms with Crippen LogP contribution in [0.1, 0.15) is 5.56 Å². The molecule has 0 heterocycles. The molecular formula is C9H9BrN2O2. The number of oxime groups is 1. The van der Waals surface area contributed by atoms with Crippen molar-refractivity contribution in [2.75, 3.05) is 6.61 Å². The van der Waals surface area contributed by atoms with Crippen LogP contribution < -0.4 is 5.73 Å². The Hall–Kier alpha value is -1.36. The summed E-state index contributed by atoms with van der Waals surface area (Å²) in [6.07, 6.45) is 1.51. The Morgan fingerprint density at radius 2 is 2.29 bits per heavy atom. The number of carbonyl (C=O) groups excluding carboxylic acids is 1. The molecule has 0 fully saturated rings. The monoisotopic (exact) mass is 256 g/mol. The molecule has 0 saturated carbocycles. The molecule has 0 spiro atoms. The second-order valence-electron chi connectivity index (χ2n) is 2.50. The average Bonchev–Trinajstić information content (AvgIpc) is 2.15. The highest BCUT2D eigenvalue weighted by atomic mass is 79.9. The predicted octanol–water partition coefficient (Wildman–Crippen LogP) is 1.28. The Kier molecular flexibility index (Phi) is 4.12. The van der Waals surface area contributed by atoms with Crippen LogP contribution in [0.15, 0.2) is 33.9 Å². The van der Waals surface area contributed by atoms with E-state index in [1.54, 1.807) is 0 Å². The highest BCUT2D eigenvalue weighted by Crippen LogP contribution is 2.13. The van der Waals surface area contributed by atoms with Gasteiger partial charge in [-0.2, -0.15) is 0 Å². The first-order chi connectivity index (χ1) is 6.70. The quantitative estimate of drug-likeness (QED) is 0.652. The SMILES string of the molecule is NC(=O)CO/N=C\c1ccccc1Br. The zero-order valence-electron chi connectivity index (χ0n) is 7.31. The number of nitrogens with zero attached hydrogens (tertiary/aromatic N) is 1. The molecule has 0 unspecified atom stereocenters. The van der Waals surface area contributed by atoms with Gasteiger partial charge >= 0.3 is 0 Å². The van der Waals surface area contributed by atoms with Gasteiger partial charge in [-0.25, -0.2) is 0 Å². The summed E-state index contributed by atoms with van der Waals surface area (Å²) in [5.74, 6) is -0.547. The number of carbonyl (C=O) groups is 1. The van der Waals surface area contributed by atoms with E-state index in [-0.39, 0.29) is 6.61 Å². The molecular weight excluding hydrogens is 248 g/mol. The van der Waals surface area contributed by atoms with Crippen molar-refractivity contribution in [3.8, 4) is 0 Å². The highest BCUT2D eigenvalue weighted by molar-refractivity contribution is 9.10. The van der Waals surface area contributed by atoms with Crippen LogP contribution in [0.4, 0.5) is 0 Å². The minimum Gasteiger partial charge on any atom is -0.386 e. The number of benzene rings is 1. The Bertz CT molecular complexity index is 352. The van der Waals surface area contributed by atoms with Crippen molar-refractivity contribution in [1.29, 1.82) is 0 Å². The molecule has 1 rings (SSSR count). The lowest BCUT2D eigenvalue weighted by Gasteiger charge is -1.96. The van der Waals surface area contributed by atoms with E-state index in [2.05, 4.69) is 25.9 Å². The topological polar surface area (TPSA) is 64.7 Å². The number of hydrogen-bond donors (Lipinski definition) is 1. The standard InChI is InChI=1S/C9H9BrN2O2/c10-8-4-2-1-3-7(8)5-12-14-6-9(11)13/h1-5H,6H2,(H2,11,13)/b12-5-. The van der Waals surface area contributed by atoms with E-state index in [0.717, 1.165) is 10.0 Å². The summed E-state index contributed by atoms with van der Waals surface area (Å²) in [4.78, 5) is 14.9. The molecule has 1 aromatic carbocycles. The third kappa shape index (κ3) is 3.57. The van der Waals surface area contributed by atoms with Gasteiger partial charge in [0.2, 0.25) is 0 Å². The number of hydrogen-bond acceptors (Lipinski definition) is 3. The van der Waals surface area contributed by atoms with E-state index >= 15 is 0 Å². The largest absolute Gasteiger partial charge is 0.386 e. The van der Waals surface area contributed by atoms with Gasteiger partial charge in [0.15, 0.2) is 6.61 Å². The number of primary amides is 1. The van der Waals surface area contributed by atoms with Crippen LogP contribution in [-0.2, 0) is 9.63 Å². The van der Waals surface area contributed by atoms with Crippen molar-refractivity contribution in [2.24, 2.45) is 10.9 Å². The molecule has 4 nitrogen and oxygen atoms in total. The molecule has 1 aromatic rings.